The van der Waals surface area contributed by atoms with Gasteiger partial charge in [-0.25, -0.2) is 0 Å². The third-order valence-electron chi connectivity index (χ3n) is 3.70. The fourth-order valence-electron chi connectivity index (χ4n) is 2.77. The van der Waals surface area contributed by atoms with E-state index in [-0.39, 0.29) is 5.41 Å². The van der Waals surface area contributed by atoms with Crippen LogP contribution in [0.15, 0.2) is 11.0 Å². The third kappa shape index (κ3) is 6.47. The van der Waals surface area contributed by atoms with Crippen LogP contribution in [0.25, 0.3) is 0 Å². The minimum absolute atomic E-state index is 0.272. The zero-order chi connectivity index (χ0) is 18.7. The van der Waals surface area contributed by atoms with Crippen molar-refractivity contribution in [1.29, 1.82) is 0 Å². The molecule has 0 aliphatic rings. The summed E-state index contributed by atoms with van der Waals surface area (Å²) < 4.78 is 24.5. The monoisotopic (exact) mass is 364 g/mol. The van der Waals surface area contributed by atoms with Crippen molar-refractivity contribution in [3.05, 3.63) is 11.0 Å². The van der Waals surface area contributed by atoms with E-state index in [0.29, 0.717) is 13.2 Å². The van der Waals surface area contributed by atoms with Gasteiger partial charge in [0.2, 0.25) is 0 Å². The molecular formula is C17H37O4PSi. The fraction of sp³-hybridized carbons (Fsp3) is 0.882. The minimum Gasteiger partial charge on any atom is -0.392 e. The normalized spacial score (nSPS) is 16.6. The minimum atomic E-state index is -3.33. The maximum absolute atomic E-state index is 13.4. The average Bonchev–Trinajstić information content (AvgIpc) is 2.33. The molecule has 4 nitrogen and oxygen atoms in total. The molecule has 0 amide bonds. The van der Waals surface area contributed by atoms with Gasteiger partial charge >= 0.3 is 7.60 Å². The van der Waals surface area contributed by atoms with Gasteiger partial charge in [0.15, 0.2) is 0 Å². The maximum Gasteiger partial charge on any atom is 0.353 e. The predicted molar refractivity (Wildman–Crippen MR) is 102 cm³/mol. The molecule has 23 heavy (non-hydrogen) atoms. The van der Waals surface area contributed by atoms with Crippen molar-refractivity contribution in [1.82, 2.24) is 0 Å². The van der Waals surface area contributed by atoms with Crippen LogP contribution < -0.4 is 0 Å². The maximum atomic E-state index is 13.4. The van der Waals surface area contributed by atoms with Gasteiger partial charge in [0.1, 0.15) is 0 Å². The van der Waals surface area contributed by atoms with Crippen molar-refractivity contribution in [3.8, 4) is 0 Å². The largest absolute Gasteiger partial charge is 0.392 e. The number of aliphatic hydroxyl groups excluding tert-OH is 1. The Morgan fingerprint density at radius 3 is 1.74 bits per heavy atom. The lowest BCUT2D eigenvalue weighted by molar-refractivity contribution is -0.00902. The topological polar surface area (TPSA) is 55.8 Å². The zero-order valence-electron chi connectivity index (χ0n) is 16.7. The molecule has 6 heteroatoms. The molecule has 1 N–H and O–H groups in total. The predicted octanol–water partition coefficient (Wildman–Crippen LogP) is 5.45. The highest BCUT2D eigenvalue weighted by molar-refractivity contribution is 7.62. The van der Waals surface area contributed by atoms with E-state index in [2.05, 4.69) is 19.6 Å². The number of hydrogen-bond donors (Lipinski definition) is 1. The molecule has 0 bridgehead atoms. The van der Waals surface area contributed by atoms with Gasteiger partial charge in [0.05, 0.1) is 27.4 Å². The lowest BCUT2D eigenvalue weighted by atomic mass is 9.73. The van der Waals surface area contributed by atoms with Gasteiger partial charge in [0, 0.05) is 10.4 Å². The van der Waals surface area contributed by atoms with Gasteiger partial charge in [0.25, 0.3) is 0 Å². The number of rotatable bonds is 8. The van der Waals surface area contributed by atoms with Crippen molar-refractivity contribution in [2.75, 3.05) is 13.2 Å². The molecule has 138 valence electrons. The lowest BCUT2D eigenvalue weighted by Gasteiger charge is -2.39. The summed E-state index contributed by atoms with van der Waals surface area (Å²) in [6.07, 6.45) is 1.39. The SMILES string of the molecule is CCOP(=O)(OCC)/C(=C\C(C)(C)C(O)C(C)(C)C)[Si](C)(C)C. The standard InChI is InChI=1S/C17H37O4PSi/c1-11-20-22(19,21-12-2)14(23(8,9)10)13-17(6,7)15(18)16(3,4)5/h13,15,18H,11-12H2,1-10H3/b14-13+. The van der Waals surface area contributed by atoms with Gasteiger partial charge in [-0.15, -0.1) is 0 Å². The molecule has 0 aromatic rings. The molecule has 0 aromatic carbocycles. The van der Waals surface area contributed by atoms with E-state index in [9.17, 15) is 9.67 Å². The van der Waals surface area contributed by atoms with Crippen LogP contribution in [-0.4, -0.2) is 32.5 Å². The van der Waals surface area contributed by atoms with Crippen LogP contribution in [0.5, 0.6) is 0 Å². The van der Waals surface area contributed by atoms with Crippen LogP contribution in [0, 0.1) is 10.8 Å². The Labute approximate surface area is 144 Å². The molecule has 0 aliphatic heterocycles. The lowest BCUT2D eigenvalue weighted by Crippen LogP contribution is -2.40. The van der Waals surface area contributed by atoms with Gasteiger partial charge in [-0.05, 0) is 19.3 Å². The van der Waals surface area contributed by atoms with Crippen LogP contribution in [0.3, 0.4) is 0 Å². The Morgan fingerprint density at radius 2 is 1.48 bits per heavy atom. The van der Waals surface area contributed by atoms with Crippen LogP contribution in [-0.2, 0) is 13.6 Å². The van der Waals surface area contributed by atoms with E-state index >= 15 is 0 Å². The molecule has 0 rings (SSSR count). The van der Waals surface area contributed by atoms with E-state index in [1.54, 1.807) is 0 Å². The molecule has 0 saturated carbocycles. The smallest absolute Gasteiger partial charge is 0.353 e. The van der Waals surface area contributed by atoms with Crippen LogP contribution in [0.2, 0.25) is 19.6 Å². The van der Waals surface area contributed by atoms with Crippen molar-refractivity contribution >= 4 is 15.7 Å². The van der Waals surface area contributed by atoms with E-state index in [1.807, 2.05) is 54.5 Å². The van der Waals surface area contributed by atoms with Gasteiger partial charge in [-0.2, -0.15) is 0 Å². The van der Waals surface area contributed by atoms with E-state index in [0.717, 1.165) is 4.94 Å². The Bertz CT molecular complexity index is 448. The van der Waals surface area contributed by atoms with Crippen LogP contribution in [0.1, 0.15) is 48.5 Å². The molecule has 1 atom stereocenters. The van der Waals surface area contributed by atoms with Gasteiger partial charge < -0.3 is 14.2 Å². The molecular weight excluding hydrogens is 327 g/mol. The van der Waals surface area contributed by atoms with E-state index in [1.165, 1.54) is 0 Å². The van der Waals surface area contributed by atoms with Gasteiger partial charge in [-0.1, -0.05) is 60.3 Å². The van der Waals surface area contributed by atoms with Crippen LogP contribution in [0.4, 0.5) is 0 Å². The first kappa shape index (κ1) is 23.1. The summed E-state index contributed by atoms with van der Waals surface area (Å²) in [4.78, 5) is 0.766. The van der Waals surface area contributed by atoms with E-state index < -0.39 is 27.2 Å². The third-order valence-corrected chi connectivity index (χ3v) is 10.1. The van der Waals surface area contributed by atoms with Crippen molar-refractivity contribution < 1.29 is 18.7 Å². The summed E-state index contributed by atoms with van der Waals surface area (Å²) in [6, 6.07) is 0. The summed E-state index contributed by atoms with van der Waals surface area (Å²) >= 11 is 0. The van der Waals surface area contributed by atoms with Crippen molar-refractivity contribution in [2.24, 2.45) is 10.8 Å². The van der Waals surface area contributed by atoms with E-state index in [4.69, 9.17) is 9.05 Å². The summed E-state index contributed by atoms with van der Waals surface area (Å²) in [5.74, 6) is 0. The molecule has 0 aliphatic carbocycles. The summed E-state index contributed by atoms with van der Waals surface area (Å²) in [7, 11) is -5.30. The molecule has 0 spiro atoms. The quantitative estimate of drug-likeness (QED) is 0.460. The molecule has 0 fully saturated rings. The summed E-state index contributed by atoms with van der Waals surface area (Å²) in [5.41, 5.74) is -0.802. The Morgan fingerprint density at radius 1 is 1.09 bits per heavy atom. The summed E-state index contributed by atoms with van der Waals surface area (Å²) in [6.45, 7) is 20.7. The van der Waals surface area contributed by atoms with Gasteiger partial charge in [-0.3, -0.25) is 4.57 Å². The molecule has 0 aromatic heterocycles. The molecule has 0 saturated heterocycles. The average molecular weight is 365 g/mol. The molecule has 0 heterocycles. The highest BCUT2D eigenvalue weighted by Crippen LogP contribution is 2.60. The number of aliphatic hydroxyl groups is 1. The highest BCUT2D eigenvalue weighted by atomic mass is 31.2. The highest BCUT2D eigenvalue weighted by Gasteiger charge is 2.43. The molecule has 1 unspecified atom stereocenters. The van der Waals surface area contributed by atoms with Crippen molar-refractivity contribution in [2.45, 2.75) is 74.2 Å². The zero-order valence-corrected chi connectivity index (χ0v) is 18.6. The second kappa shape index (κ2) is 7.96. The first-order chi connectivity index (χ1) is 10.1. The number of hydrogen-bond acceptors (Lipinski definition) is 4. The first-order valence-electron chi connectivity index (χ1n) is 8.43. The first-order valence-corrected chi connectivity index (χ1v) is 13.5. The summed E-state index contributed by atoms with van der Waals surface area (Å²) in [5, 5.41) is 10.8. The Kier molecular flexibility index (Phi) is 7.99. The molecule has 0 radical (unpaired) electrons. The van der Waals surface area contributed by atoms with Crippen molar-refractivity contribution in [3.63, 3.8) is 0 Å². The second-order valence-electron chi connectivity index (χ2n) is 8.70. The second-order valence-corrected chi connectivity index (χ2v) is 16.2. The Balaban J connectivity index is 6.15. The fourth-order valence-corrected chi connectivity index (χ4v) is 8.77. The van der Waals surface area contributed by atoms with Crippen LogP contribution >= 0.6 is 7.60 Å². The Hall–Kier alpha value is 0.0669.